The van der Waals surface area contributed by atoms with Crippen LogP contribution in [-0.2, 0) is 11.3 Å². The fourth-order valence-corrected chi connectivity index (χ4v) is 2.46. The molecule has 0 unspecified atom stereocenters. The molecule has 25 heavy (non-hydrogen) atoms. The van der Waals surface area contributed by atoms with Gasteiger partial charge in [0.2, 0.25) is 5.91 Å². The fourth-order valence-electron chi connectivity index (χ4n) is 2.46. The smallest absolute Gasteiger partial charge is 0.259 e. The van der Waals surface area contributed by atoms with E-state index >= 15 is 0 Å². The van der Waals surface area contributed by atoms with Crippen LogP contribution in [0, 0.1) is 0 Å². The third-order valence-corrected chi connectivity index (χ3v) is 4.07. The number of benzene rings is 1. The van der Waals surface area contributed by atoms with Crippen LogP contribution in [0.2, 0.25) is 0 Å². The average Bonchev–Trinajstić information content (AvgIpc) is 3.26. The molecule has 0 bridgehead atoms. The molecule has 1 aromatic carbocycles. The highest BCUT2D eigenvalue weighted by Gasteiger charge is 2.23. The Morgan fingerprint density at radius 3 is 2.80 bits per heavy atom. The van der Waals surface area contributed by atoms with Crippen LogP contribution in [0.5, 0.6) is 5.75 Å². The summed E-state index contributed by atoms with van der Waals surface area (Å²) in [6, 6.07) is 5.31. The number of nitrogens with one attached hydrogen (secondary N) is 2. The van der Waals surface area contributed by atoms with Gasteiger partial charge in [-0.2, -0.15) is 5.10 Å². The number of anilines is 1. The molecule has 7 nitrogen and oxygen atoms in total. The zero-order chi connectivity index (χ0) is 18.0. The average molecular weight is 342 g/mol. The minimum absolute atomic E-state index is 0.0712. The molecule has 7 heteroatoms. The lowest BCUT2D eigenvalue weighted by atomic mass is 10.00. The predicted molar refractivity (Wildman–Crippen MR) is 93.5 cm³/mol. The van der Waals surface area contributed by atoms with E-state index in [1.165, 1.54) is 16.9 Å². The lowest BCUT2D eigenvalue weighted by Gasteiger charge is -2.10. The molecular formula is C18H22N4O3. The second-order valence-corrected chi connectivity index (χ2v) is 6.65. The number of nitrogens with zero attached hydrogens (tertiary/aromatic N) is 2. The zero-order valence-corrected chi connectivity index (χ0v) is 14.3. The quantitative estimate of drug-likeness (QED) is 0.750. The molecule has 0 radical (unpaired) electrons. The molecule has 0 aliphatic heterocycles. The summed E-state index contributed by atoms with van der Waals surface area (Å²) < 4.78 is 1.47. The van der Waals surface area contributed by atoms with Gasteiger partial charge < -0.3 is 15.7 Å². The normalized spacial score (nSPS) is 13.7. The molecule has 1 heterocycles. The maximum absolute atomic E-state index is 12.4. The largest absolute Gasteiger partial charge is 0.507 e. The minimum atomic E-state index is -0.415. The molecule has 0 saturated heterocycles. The predicted octanol–water partition coefficient (Wildman–Crippen LogP) is 2.24. The van der Waals surface area contributed by atoms with Gasteiger partial charge in [0.05, 0.1) is 17.4 Å². The van der Waals surface area contributed by atoms with Crippen molar-refractivity contribution < 1.29 is 14.7 Å². The molecule has 1 aromatic heterocycles. The summed E-state index contributed by atoms with van der Waals surface area (Å²) in [5.74, 6) is -0.328. The summed E-state index contributed by atoms with van der Waals surface area (Å²) >= 11 is 0. The Hall–Kier alpha value is -2.83. The fraction of sp³-hybridized carbons (Fsp3) is 0.389. The summed E-state index contributed by atoms with van der Waals surface area (Å²) in [5.41, 5.74) is 1.65. The first-order chi connectivity index (χ1) is 11.9. The molecule has 1 fully saturated rings. The second-order valence-electron chi connectivity index (χ2n) is 6.65. The van der Waals surface area contributed by atoms with E-state index in [1.54, 1.807) is 18.3 Å². The maximum Gasteiger partial charge on any atom is 0.259 e. The Morgan fingerprint density at radius 2 is 2.12 bits per heavy atom. The van der Waals surface area contributed by atoms with E-state index in [-0.39, 0.29) is 29.7 Å². The number of carbonyl (C=O) groups excluding carboxylic acids is 2. The first-order valence-electron chi connectivity index (χ1n) is 8.38. The van der Waals surface area contributed by atoms with Crippen molar-refractivity contribution in [3.8, 4) is 5.75 Å². The number of hydrogen-bond donors (Lipinski definition) is 3. The van der Waals surface area contributed by atoms with Gasteiger partial charge in [0, 0.05) is 12.2 Å². The van der Waals surface area contributed by atoms with Gasteiger partial charge in [0.15, 0.2) is 0 Å². The van der Waals surface area contributed by atoms with Gasteiger partial charge in [0.25, 0.3) is 5.91 Å². The Labute approximate surface area is 146 Å². The molecule has 1 saturated carbocycles. The van der Waals surface area contributed by atoms with Crippen molar-refractivity contribution in [1.29, 1.82) is 0 Å². The summed E-state index contributed by atoms with van der Waals surface area (Å²) in [6.45, 7) is 4.15. The van der Waals surface area contributed by atoms with Crippen LogP contribution in [0.25, 0.3) is 0 Å². The zero-order valence-electron chi connectivity index (χ0n) is 14.3. The third kappa shape index (κ3) is 4.37. The third-order valence-electron chi connectivity index (χ3n) is 4.07. The summed E-state index contributed by atoms with van der Waals surface area (Å²) in [5, 5.41) is 19.6. The molecule has 3 N–H and O–H groups in total. The van der Waals surface area contributed by atoms with Crippen molar-refractivity contribution in [3.63, 3.8) is 0 Å². The topological polar surface area (TPSA) is 96.2 Å². The lowest BCUT2D eigenvalue weighted by Crippen LogP contribution is -2.29. The molecule has 1 aliphatic carbocycles. The number of aromatic hydroxyl groups is 1. The van der Waals surface area contributed by atoms with Gasteiger partial charge in [-0.1, -0.05) is 19.9 Å². The van der Waals surface area contributed by atoms with E-state index in [4.69, 9.17) is 0 Å². The number of aromatic nitrogens is 2. The molecule has 132 valence electrons. The highest BCUT2D eigenvalue weighted by molar-refractivity contribution is 6.06. The van der Waals surface area contributed by atoms with Gasteiger partial charge in [-0.25, -0.2) is 0 Å². The Morgan fingerprint density at radius 1 is 1.36 bits per heavy atom. The van der Waals surface area contributed by atoms with Crippen molar-refractivity contribution in [2.45, 2.75) is 45.2 Å². The monoisotopic (exact) mass is 342 g/mol. The summed E-state index contributed by atoms with van der Waals surface area (Å²) in [7, 11) is 0. The summed E-state index contributed by atoms with van der Waals surface area (Å²) in [6.07, 6.45) is 5.13. The van der Waals surface area contributed by atoms with E-state index in [0.717, 1.165) is 18.4 Å². The molecular weight excluding hydrogens is 320 g/mol. The van der Waals surface area contributed by atoms with Gasteiger partial charge in [0.1, 0.15) is 12.3 Å². The van der Waals surface area contributed by atoms with Crippen LogP contribution < -0.4 is 10.6 Å². The van der Waals surface area contributed by atoms with Gasteiger partial charge in [-0.3, -0.25) is 14.3 Å². The van der Waals surface area contributed by atoms with Crippen molar-refractivity contribution in [2.75, 3.05) is 5.32 Å². The van der Waals surface area contributed by atoms with Gasteiger partial charge in [-0.15, -0.1) is 0 Å². The minimum Gasteiger partial charge on any atom is -0.507 e. The van der Waals surface area contributed by atoms with E-state index in [1.807, 2.05) is 13.8 Å². The van der Waals surface area contributed by atoms with Gasteiger partial charge >= 0.3 is 0 Å². The molecule has 2 amide bonds. The number of phenolic OH excluding ortho intramolecular Hbond substituents is 1. The highest BCUT2D eigenvalue weighted by Crippen LogP contribution is 2.24. The molecule has 0 spiro atoms. The molecule has 3 rings (SSSR count). The number of hydrogen-bond acceptors (Lipinski definition) is 4. The van der Waals surface area contributed by atoms with Crippen molar-refractivity contribution >= 4 is 17.5 Å². The Bertz CT molecular complexity index is 793. The summed E-state index contributed by atoms with van der Waals surface area (Å²) in [4.78, 5) is 24.2. The lowest BCUT2D eigenvalue weighted by molar-refractivity contribution is -0.122. The van der Waals surface area contributed by atoms with E-state index in [2.05, 4.69) is 15.7 Å². The molecule has 2 aromatic rings. The highest BCUT2D eigenvalue weighted by atomic mass is 16.3. The van der Waals surface area contributed by atoms with Crippen LogP contribution >= 0.6 is 0 Å². The second kappa shape index (κ2) is 6.96. The van der Waals surface area contributed by atoms with Gasteiger partial charge in [-0.05, 0) is 36.5 Å². The van der Waals surface area contributed by atoms with E-state index in [9.17, 15) is 14.7 Å². The van der Waals surface area contributed by atoms with Crippen LogP contribution in [0.4, 0.5) is 5.69 Å². The number of carbonyl (C=O) groups is 2. The Kier molecular flexibility index (Phi) is 4.74. The van der Waals surface area contributed by atoms with Crippen LogP contribution in [0.15, 0.2) is 30.6 Å². The van der Waals surface area contributed by atoms with E-state index in [0.29, 0.717) is 11.7 Å². The maximum atomic E-state index is 12.4. The Balaban J connectivity index is 1.65. The number of phenols is 1. The number of rotatable bonds is 6. The van der Waals surface area contributed by atoms with Crippen molar-refractivity contribution in [1.82, 2.24) is 15.1 Å². The van der Waals surface area contributed by atoms with Crippen LogP contribution in [0.3, 0.4) is 0 Å². The van der Waals surface area contributed by atoms with E-state index < -0.39 is 5.91 Å². The first-order valence-corrected chi connectivity index (χ1v) is 8.38. The standard InChI is InChI=1S/C18H22N4O3/c1-11(2)12-3-6-16(23)15(7-12)18(25)21-14-8-19-22(9-14)10-17(24)20-13-4-5-13/h3,6-9,11,13,23H,4-5,10H2,1-2H3,(H,20,24)(H,21,25). The molecule has 0 atom stereocenters. The first kappa shape index (κ1) is 17.0. The molecule has 1 aliphatic rings. The number of amides is 2. The van der Waals surface area contributed by atoms with Crippen LogP contribution in [0.1, 0.15) is 48.5 Å². The van der Waals surface area contributed by atoms with Crippen molar-refractivity contribution in [2.24, 2.45) is 0 Å². The van der Waals surface area contributed by atoms with Crippen LogP contribution in [-0.4, -0.2) is 32.7 Å². The van der Waals surface area contributed by atoms with Crippen molar-refractivity contribution in [3.05, 3.63) is 41.7 Å². The SMILES string of the molecule is CC(C)c1ccc(O)c(C(=O)Nc2cnn(CC(=O)NC3CC3)c2)c1.